The lowest BCUT2D eigenvalue weighted by Crippen LogP contribution is -2.00. The SMILES string of the molecule is Oc1ccccc1-c1nc(-c2ccc(-c3ccccc3)cc2)nc(-c2ccc3ccccc3c2)n1. The van der Waals surface area contributed by atoms with Crippen molar-refractivity contribution < 1.29 is 5.11 Å². The normalized spacial score (nSPS) is 11.0. The summed E-state index contributed by atoms with van der Waals surface area (Å²) >= 11 is 0. The Morgan fingerprint density at radius 1 is 0.400 bits per heavy atom. The number of phenols is 1. The summed E-state index contributed by atoms with van der Waals surface area (Å²) in [4.78, 5) is 14.3. The van der Waals surface area contributed by atoms with Gasteiger partial charge in [0.15, 0.2) is 17.5 Å². The molecule has 5 aromatic carbocycles. The van der Waals surface area contributed by atoms with Crippen LogP contribution in [0, 0.1) is 0 Å². The number of fused-ring (bicyclic) bond motifs is 1. The molecule has 0 bridgehead atoms. The standard InChI is InChI=1S/C31H21N3O/c35-28-13-7-6-12-27(28)31-33-29(24-17-14-23(15-18-24)21-8-2-1-3-9-21)32-30(34-31)26-19-16-22-10-4-5-11-25(22)20-26/h1-20,35H. The molecule has 0 aliphatic heterocycles. The van der Waals surface area contributed by atoms with Crippen molar-refractivity contribution in [2.75, 3.05) is 0 Å². The number of nitrogens with zero attached hydrogens (tertiary/aromatic N) is 3. The topological polar surface area (TPSA) is 58.9 Å². The van der Waals surface area contributed by atoms with Crippen LogP contribution in [0.15, 0.2) is 121 Å². The maximum absolute atomic E-state index is 10.5. The summed E-state index contributed by atoms with van der Waals surface area (Å²) in [5, 5.41) is 12.8. The van der Waals surface area contributed by atoms with Gasteiger partial charge in [-0.25, -0.2) is 15.0 Å². The van der Waals surface area contributed by atoms with Gasteiger partial charge in [-0.05, 0) is 40.1 Å². The van der Waals surface area contributed by atoms with Crippen molar-refractivity contribution >= 4 is 10.8 Å². The second kappa shape index (κ2) is 8.84. The van der Waals surface area contributed by atoms with Gasteiger partial charge < -0.3 is 5.11 Å². The van der Waals surface area contributed by atoms with E-state index in [4.69, 9.17) is 15.0 Å². The lowest BCUT2D eigenvalue weighted by molar-refractivity contribution is 0.477. The van der Waals surface area contributed by atoms with Gasteiger partial charge >= 0.3 is 0 Å². The summed E-state index contributed by atoms with van der Waals surface area (Å²) in [6.45, 7) is 0. The van der Waals surface area contributed by atoms with Crippen molar-refractivity contribution in [3.63, 3.8) is 0 Å². The molecular formula is C31H21N3O. The Hall–Kier alpha value is -4.83. The van der Waals surface area contributed by atoms with Crippen molar-refractivity contribution in [2.24, 2.45) is 0 Å². The van der Waals surface area contributed by atoms with E-state index >= 15 is 0 Å². The zero-order valence-electron chi connectivity index (χ0n) is 18.8. The van der Waals surface area contributed by atoms with E-state index in [-0.39, 0.29) is 5.75 Å². The van der Waals surface area contributed by atoms with Crippen LogP contribution < -0.4 is 0 Å². The molecule has 1 N–H and O–H groups in total. The third-order valence-corrected chi connectivity index (χ3v) is 6.04. The molecule has 0 radical (unpaired) electrons. The van der Waals surface area contributed by atoms with E-state index in [9.17, 15) is 5.11 Å². The van der Waals surface area contributed by atoms with Gasteiger partial charge in [0.2, 0.25) is 0 Å². The summed E-state index contributed by atoms with van der Waals surface area (Å²) in [7, 11) is 0. The fraction of sp³-hybridized carbons (Fsp3) is 0. The minimum absolute atomic E-state index is 0.133. The molecule has 1 aromatic heterocycles. The Kier molecular flexibility index (Phi) is 5.24. The Bertz CT molecular complexity index is 1640. The number of aromatic hydroxyl groups is 1. The molecule has 6 rings (SSSR count). The molecular weight excluding hydrogens is 430 g/mol. The van der Waals surface area contributed by atoms with Gasteiger partial charge in [0.1, 0.15) is 5.75 Å². The molecule has 0 fully saturated rings. The minimum Gasteiger partial charge on any atom is -0.507 e. The predicted octanol–water partition coefficient (Wildman–Crippen LogP) is 7.40. The Balaban J connectivity index is 1.49. The predicted molar refractivity (Wildman–Crippen MR) is 141 cm³/mol. The van der Waals surface area contributed by atoms with Crippen LogP contribution in [0.2, 0.25) is 0 Å². The molecule has 4 heteroatoms. The van der Waals surface area contributed by atoms with E-state index in [1.807, 2.05) is 60.7 Å². The number of phenolic OH excluding ortho intramolecular Hbond substituents is 1. The second-order valence-corrected chi connectivity index (χ2v) is 8.33. The molecule has 166 valence electrons. The van der Waals surface area contributed by atoms with Crippen LogP contribution in [0.25, 0.3) is 56.1 Å². The number of benzene rings is 5. The third kappa shape index (κ3) is 4.13. The number of rotatable bonds is 4. The molecule has 0 aliphatic rings. The number of hydrogen-bond acceptors (Lipinski definition) is 4. The highest BCUT2D eigenvalue weighted by atomic mass is 16.3. The largest absolute Gasteiger partial charge is 0.507 e. The van der Waals surface area contributed by atoms with Gasteiger partial charge in [-0.1, -0.05) is 103 Å². The minimum atomic E-state index is 0.133. The molecule has 0 aliphatic carbocycles. The number of para-hydroxylation sites is 1. The van der Waals surface area contributed by atoms with Crippen LogP contribution in [0.5, 0.6) is 5.75 Å². The van der Waals surface area contributed by atoms with Crippen molar-refractivity contribution in [3.05, 3.63) is 121 Å². The van der Waals surface area contributed by atoms with E-state index in [1.165, 1.54) is 0 Å². The summed E-state index contributed by atoms with van der Waals surface area (Å²) in [6.07, 6.45) is 0. The molecule has 35 heavy (non-hydrogen) atoms. The molecule has 6 aromatic rings. The highest BCUT2D eigenvalue weighted by Gasteiger charge is 2.15. The lowest BCUT2D eigenvalue weighted by atomic mass is 10.0. The zero-order valence-corrected chi connectivity index (χ0v) is 18.8. The quantitative estimate of drug-likeness (QED) is 0.303. The van der Waals surface area contributed by atoms with E-state index in [0.717, 1.165) is 33.0 Å². The van der Waals surface area contributed by atoms with Crippen LogP contribution in [-0.2, 0) is 0 Å². The first kappa shape index (κ1) is 20.8. The van der Waals surface area contributed by atoms with E-state index in [0.29, 0.717) is 23.0 Å². The molecule has 0 atom stereocenters. The molecule has 1 heterocycles. The van der Waals surface area contributed by atoms with Gasteiger partial charge in [0, 0.05) is 11.1 Å². The summed E-state index contributed by atoms with van der Waals surface area (Å²) in [5.74, 6) is 1.68. The number of aromatic nitrogens is 3. The molecule has 0 unspecified atom stereocenters. The fourth-order valence-corrected chi connectivity index (χ4v) is 4.19. The summed E-state index contributed by atoms with van der Waals surface area (Å²) in [6, 6.07) is 39.9. The van der Waals surface area contributed by atoms with Gasteiger partial charge in [-0.2, -0.15) is 0 Å². The number of hydrogen-bond donors (Lipinski definition) is 1. The van der Waals surface area contributed by atoms with E-state index < -0.39 is 0 Å². The Morgan fingerprint density at radius 3 is 1.71 bits per heavy atom. The maximum Gasteiger partial charge on any atom is 0.167 e. The molecule has 0 amide bonds. The van der Waals surface area contributed by atoms with Crippen molar-refractivity contribution in [1.29, 1.82) is 0 Å². The van der Waals surface area contributed by atoms with E-state index in [2.05, 4.69) is 48.5 Å². The lowest BCUT2D eigenvalue weighted by Gasteiger charge is -2.10. The van der Waals surface area contributed by atoms with Crippen LogP contribution in [0.1, 0.15) is 0 Å². The molecule has 0 saturated heterocycles. The molecule has 4 nitrogen and oxygen atoms in total. The molecule has 0 saturated carbocycles. The van der Waals surface area contributed by atoms with Gasteiger partial charge in [-0.15, -0.1) is 0 Å². The summed E-state index contributed by atoms with van der Waals surface area (Å²) < 4.78 is 0. The Morgan fingerprint density at radius 2 is 0.943 bits per heavy atom. The first-order valence-electron chi connectivity index (χ1n) is 11.4. The zero-order chi connectivity index (χ0) is 23.6. The van der Waals surface area contributed by atoms with Gasteiger partial charge in [0.05, 0.1) is 5.56 Å². The maximum atomic E-state index is 10.5. The molecule has 0 spiro atoms. The fourth-order valence-electron chi connectivity index (χ4n) is 4.19. The average Bonchev–Trinajstić information content (AvgIpc) is 2.93. The van der Waals surface area contributed by atoms with E-state index in [1.54, 1.807) is 12.1 Å². The highest BCUT2D eigenvalue weighted by molar-refractivity contribution is 5.86. The highest BCUT2D eigenvalue weighted by Crippen LogP contribution is 2.31. The van der Waals surface area contributed by atoms with Crippen LogP contribution in [0.3, 0.4) is 0 Å². The van der Waals surface area contributed by atoms with Gasteiger partial charge in [-0.3, -0.25) is 0 Å². The third-order valence-electron chi connectivity index (χ3n) is 6.04. The smallest absolute Gasteiger partial charge is 0.167 e. The monoisotopic (exact) mass is 451 g/mol. The van der Waals surface area contributed by atoms with Crippen LogP contribution in [0.4, 0.5) is 0 Å². The van der Waals surface area contributed by atoms with Crippen LogP contribution in [-0.4, -0.2) is 20.1 Å². The summed E-state index contributed by atoms with van der Waals surface area (Å²) in [5.41, 5.74) is 4.62. The first-order chi connectivity index (χ1) is 17.2. The van der Waals surface area contributed by atoms with Crippen molar-refractivity contribution in [3.8, 4) is 51.0 Å². The van der Waals surface area contributed by atoms with Crippen LogP contribution >= 0.6 is 0 Å². The first-order valence-corrected chi connectivity index (χ1v) is 11.4. The van der Waals surface area contributed by atoms with Crippen molar-refractivity contribution in [2.45, 2.75) is 0 Å². The second-order valence-electron chi connectivity index (χ2n) is 8.33. The van der Waals surface area contributed by atoms with Crippen molar-refractivity contribution in [1.82, 2.24) is 15.0 Å². The average molecular weight is 452 g/mol. The van der Waals surface area contributed by atoms with Gasteiger partial charge in [0.25, 0.3) is 0 Å². The Labute approximate surface area is 203 Å².